The molecule has 0 aliphatic carbocycles. The summed E-state index contributed by atoms with van der Waals surface area (Å²) in [6.45, 7) is 3.27. The zero-order valence-corrected chi connectivity index (χ0v) is 22.2. The summed E-state index contributed by atoms with van der Waals surface area (Å²) in [7, 11) is 1.61. The first-order chi connectivity index (χ1) is 19.0. The maximum Gasteiger partial charge on any atom is 0.247 e. The third-order valence-corrected chi connectivity index (χ3v) is 7.02. The quantitative estimate of drug-likeness (QED) is 0.337. The summed E-state index contributed by atoms with van der Waals surface area (Å²) in [6.07, 6.45) is 1.87. The fourth-order valence-corrected chi connectivity index (χ4v) is 4.84. The van der Waals surface area contributed by atoms with Gasteiger partial charge in [0.1, 0.15) is 23.9 Å². The summed E-state index contributed by atoms with van der Waals surface area (Å²) in [5, 5.41) is 11.5. The monoisotopic (exact) mass is 527 g/mol. The van der Waals surface area contributed by atoms with Crippen LogP contribution in [0.5, 0.6) is 5.75 Å². The van der Waals surface area contributed by atoms with Crippen LogP contribution in [-0.2, 0) is 27.4 Å². The average molecular weight is 528 g/mol. The highest BCUT2D eigenvalue weighted by molar-refractivity contribution is 5.89. The van der Waals surface area contributed by atoms with Crippen LogP contribution in [0.25, 0.3) is 11.0 Å². The first-order valence-electron chi connectivity index (χ1n) is 13.2. The molecule has 9 heteroatoms. The molecule has 2 heterocycles. The standard InChI is InChI=1S/C30H33N5O4/c1-21-9-13-23(14-10-21)29(30(37)31-18-25-6-5-17-39-25)34(19-22-11-15-24(38-2)16-12-22)28(36)20-35-27-8-4-3-7-26(27)32-33-35/h3-4,7-16,25,29H,5-6,17-20H2,1-2H3,(H,31,37)/t25-,29-/m0/s1. The lowest BCUT2D eigenvalue weighted by Gasteiger charge is -2.32. The van der Waals surface area contributed by atoms with Crippen molar-refractivity contribution in [2.45, 2.75) is 45.0 Å². The minimum atomic E-state index is -0.851. The molecule has 5 rings (SSSR count). The molecule has 0 spiro atoms. The van der Waals surface area contributed by atoms with Crippen molar-refractivity contribution >= 4 is 22.8 Å². The van der Waals surface area contributed by atoms with Gasteiger partial charge in [-0.2, -0.15) is 0 Å². The molecule has 2 amide bonds. The van der Waals surface area contributed by atoms with Gasteiger partial charge < -0.3 is 19.7 Å². The lowest BCUT2D eigenvalue weighted by Crippen LogP contribution is -2.46. The molecule has 39 heavy (non-hydrogen) atoms. The molecule has 1 saturated heterocycles. The third kappa shape index (κ3) is 6.26. The third-order valence-electron chi connectivity index (χ3n) is 7.02. The van der Waals surface area contributed by atoms with Gasteiger partial charge in [-0.1, -0.05) is 59.3 Å². The Morgan fingerprint density at radius 1 is 1.10 bits per heavy atom. The fraction of sp³-hybridized carbons (Fsp3) is 0.333. The molecule has 1 N–H and O–H groups in total. The summed E-state index contributed by atoms with van der Waals surface area (Å²) in [6, 6.07) is 21.9. The van der Waals surface area contributed by atoms with Gasteiger partial charge in [-0.25, -0.2) is 4.68 Å². The van der Waals surface area contributed by atoms with Gasteiger partial charge in [0.15, 0.2) is 0 Å². The Morgan fingerprint density at radius 3 is 2.59 bits per heavy atom. The Balaban J connectivity index is 1.49. The van der Waals surface area contributed by atoms with Gasteiger partial charge in [0.05, 0.1) is 18.7 Å². The second kappa shape index (κ2) is 12.1. The number of fused-ring (bicyclic) bond motifs is 1. The van der Waals surface area contributed by atoms with Gasteiger partial charge in [0.2, 0.25) is 11.8 Å². The van der Waals surface area contributed by atoms with E-state index in [4.69, 9.17) is 9.47 Å². The van der Waals surface area contributed by atoms with Gasteiger partial charge in [0, 0.05) is 19.7 Å². The lowest BCUT2D eigenvalue weighted by atomic mass is 10.0. The molecular weight excluding hydrogens is 494 g/mol. The Hall–Kier alpha value is -4.24. The number of ether oxygens (including phenoxy) is 2. The summed E-state index contributed by atoms with van der Waals surface area (Å²) in [5.41, 5.74) is 4.13. The number of benzene rings is 3. The molecule has 202 valence electrons. The van der Waals surface area contributed by atoms with E-state index in [1.807, 2.05) is 79.7 Å². The first kappa shape index (κ1) is 26.4. The predicted molar refractivity (Wildman–Crippen MR) is 147 cm³/mol. The van der Waals surface area contributed by atoms with Gasteiger partial charge >= 0.3 is 0 Å². The second-order valence-electron chi connectivity index (χ2n) is 9.80. The SMILES string of the molecule is COc1ccc(CN(C(=O)Cn2nnc3ccccc32)[C@H](C(=O)NC[C@@H]2CCCO2)c2ccc(C)cc2)cc1. The summed E-state index contributed by atoms with van der Waals surface area (Å²) < 4.78 is 12.6. The number of carbonyl (C=O) groups excluding carboxylic acids is 2. The van der Waals surface area contributed by atoms with Crippen LogP contribution >= 0.6 is 0 Å². The number of carbonyl (C=O) groups is 2. The van der Waals surface area contributed by atoms with E-state index in [1.165, 1.54) is 0 Å². The summed E-state index contributed by atoms with van der Waals surface area (Å²) >= 11 is 0. The number of methoxy groups -OCH3 is 1. The Kier molecular flexibility index (Phi) is 8.17. The number of aryl methyl sites for hydroxylation is 1. The van der Waals surface area contributed by atoms with Crippen molar-refractivity contribution in [3.63, 3.8) is 0 Å². The smallest absolute Gasteiger partial charge is 0.247 e. The van der Waals surface area contributed by atoms with Crippen molar-refractivity contribution in [3.8, 4) is 5.75 Å². The van der Waals surface area contributed by atoms with E-state index in [9.17, 15) is 9.59 Å². The minimum absolute atomic E-state index is 0.0140. The topological polar surface area (TPSA) is 98.6 Å². The number of para-hydroxylation sites is 1. The number of hydrogen-bond acceptors (Lipinski definition) is 6. The second-order valence-corrected chi connectivity index (χ2v) is 9.80. The highest BCUT2D eigenvalue weighted by Crippen LogP contribution is 2.26. The number of amides is 2. The molecule has 3 aromatic carbocycles. The van der Waals surface area contributed by atoms with Crippen molar-refractivity contribution in [1.29, 1.82) is 0 Å². The summed E-state index contributed by atoms with van der Waals surface area (Å²) in [5.74, 6) is 0.217. The van der Waals surface area contributed by atoms with Crippen LogP contribution in [0, 0.1) is 6.92 Å². The number of aromatic nitrogens is 3. The van der Waals surface area contributed by atoms with E-state index in [1.54, 1.807) is 16.7 Å². The normalized spacial score (nSPS) is 15.7. The Bertz CT molecular complexity index is 1410. The lowest BCUT2D eigenvalue weighted by molar-refractivity contribution is -0.142. The molecular formula is C30H33N5O4. The van der Waals surface area contributed by atoms with Gasteiger partial charge in [-0.15, -0.1) is 5.10 Å². The maximum absolute atomic E-state index is 14.0. The van der Waals surface area contributed by atoms with Crippen LogP contribution in [0.4, 0.5) is 0 Å². The van der Waals surface area contributed by atoms with Crippen LogP contribution in [0.15, 0.2) is 72.8 Å². The number of nitrogens with zero attached hydrogens (tertiary/aromatic N) is 4. The Labute approximate surface area is 227 Å². The van der Waals surface area contributed by atoms with Crippen LogP contribution in [0.1, 0.15) is 35.6 Å². The molecule has 1 fully saturated rings. The zero-order valence-electron chi connectivity index (χ0n) is 22.2. The largest absolute Gasteiger partial charge is 0.497 e. The molecule has 1 aromatic heterocycles. The minimum Gasteiger partial charge on any atom is -0.497 e. The highest BCUT2D eigenvalue weighted by atomic mass is 16.5. The van der Waals surface area contributed by atoms with Crippen molar-refractivity contribution in [1.82, 2.24) is 25.2 Å². The van der Waals surface area contributed by atoms with E-state index in [-0.39, 0.29) is 31.0 Å². The number of rotatable bonds is 10. The molecule has 1 aliphatic rings. The Morgan fingerprint density at radius 2 is 1.87 bits per heavy atom. The molecule has 0 unspecified atom stereocenters. The molecule has 0 saturated carbocycles. The molecule has 9 nitrogen and oxygen atoms in total. The van der Waals surface area contributed by atoms with Crippen molar-refractivity contribution in [2.24, 2.45) is 0 Å². The van der Waals surface area contributed by atoms with Crippen LogP contribution in [-0.4, -0.2) is 58.1 Å². The molecule has 2 atom stereocenters. The van der Waals surface area contributed by atoms with E-state index < -0.39 is 6.04 Å². The average Bonchev–Trinajstić information content (AvgIpc) is 3.63. The van der Waals surface area contributed by atoms with Gasteiger partial charge in [-0.3, -0.25) is 9.59 Å². The molecule has 4 aromatic rings. The van der Waals surface area contributed by atoms with Crippen molar-refractivity contribution < 1.29 is 19.1 Å². The number of hydrogen-bond donors (Lipinski definition) is 1. The fourth-order valence-electron chi connectivity index (χ4n) is 4.84. The van der Waals surface area contributed by atoms with Crippen LogP contribution < -0.4 is 10.1 Å². The van der Waals surface area contributed by atoms with Crippen molar-refractivity contribution in [2.75, 3.05) is 20.3 Å². The van der Waals surface area contributed by atoms with Gasteiger partial charge in [0.25, 0.3) is 0 Å². The molecule has 0 bridgehead atoms. The van der Waals surface area contributed by atoms with Crippen LogP contribution in [0.2, 0.25) is 0 Å². The van der Waals surface area contributed by atoms with Crippen molar-refractivity contribution in [3.05, 3.63) is 89.5 Å². The molecule has 0 radical (unpaired) electrons. The van der Waals surface area contributed by atoms with E-state index in [0.29, 0.717) is 18.7 Å². The van der Waals surface area contributed by atoms with E-state index >= 15 is 0 Å². The highest BCUT2D eigenvalue weighted by Gasteiger charge is 2.32. The maximum atomic E-state index is 14.0. The zero-order chi connectivity index (χ0) is 27.2. The van der Waals surface area contributed by atoms with Gasteiger partial charge in [-0.05, 0) is 55.2 Å². The van der Waals surface area contributed by atoms with E-state index in [0.717, 1.165) is 40.8 Å². The number of nitrogens with one attached hydrogen (secondary N) is 1. The molecule has 1 aliphatic heterocycles. The first-order valence-corrected chi connectivity index (χ1v) is 13.2. The predicted octanol–water partition coefficient (Wildman–Crippen LogP) is 3.81. The summed E-state index contributed by atoms with van der Waals surface area (Å²) in [4.78, 5) is 29.5. The van der Waals surface area contributed by atoms with E-state index in [2.05, 4.69) is 15.6 Å². The van der Waals surface area contributed by atoms with Crippen LogP contribution in [0.3, 0.4) is 0 Å².